The van der Waals surface area contributed by atoms with Gasteiger partial charge < -0.3 is 9.84 Å². The molecule has 0 aromatic carbocycles. The van der Waals surface area contributed by atoms with Crippen LogP contribution in [0, 0.1) is 13.8 Å². The van der Waals surface area contributed by atoms with Crippen molar-refractivity contribution in [3.63, 3.8) is 0 Å². The van der Waals surface area contributed by atoms with Gasteiger partial charge in [0.05, 0.1) is 17.5 Å². The number of carbonyl (C=O) groups excluding carboxylic acids is 1. The van der Waals surface area contributed by atoms with Gasteiger partial charge in [-0.05, 0) is 25.3 Å². The monoisotopic (exact) mass is 318 g/mol. The van der Waals surface area contributed by atoms with Crippen LogP contribution >= 0.6 is 11.3 Å². The average molecular weight is 318 g/mol. The second-order valence-electron chi connectivity index (χ2n) is 4.89. The van der Waals surface area contributed by atoms with Crippen LogP contribution in [0.25, 0.3) is 10.2 Å². The highest BCUT2D eigenvalue weighted by Gasteiger charge is 2.12. The van der Waals surface area contributed by atoms with Gasteiger partial charge >= 0.3 is 0 Å². The quantitative estimate of drug-likeness (QED) is 0.785. The topological polar surface area (TPSA) is 90.0 Å². The molecule has 8 heteroatoms. The van der Waals surface area contributed by atoms with Crippen LogP contribution in [0.4, 0.5) is 0 Å². The number of amides is 1. The number of hydrogen-bond acceptors (Lipinski definition) is 6. The highest BCUT2D eigenvalue weighted by molar-refractivity contribution is 7.17. The molecule has 7 nitrogen and oxygen atoms in total. The minimum Gasteiger partial charge on any atom is -0.361 e. The van der Waals surface area contributed by atoms with Crippen LogP contribution in [0.5, 0.6) is 0 Å². The zero-order valence-electron chi connectivity index (χ0n) is 12.1. The summed E-state index contributed by atoms with van der Waals surface area (Å²) in [6, 6.07) is 1.78. The molecular formula is C14H14N4O3S. The van der Waals surface area contributed by atoms with Crippen molar-refractivity contribution in [2.75, 3.05) is 0 Å². The Morgan fingerprint density at radius 3 is 3.00 bits per heavy atom. The van der Waals surface area contributed by atoms with E-state index in [1.807, 2.05) is 6.92 Å². The average Bonchev–Trinajstić information content (AvgIpc) is 3.08. The summed E-state index contributed by atoms with van der Waals surface area (Å²) in [5, 5.41) is 8.40. The Bertz CT molecular complexity index is 874. The van der Waals surface area contributed by atoms with E-state index in [9.17, 15) is 9.59 Å². The predicted molar refractivity (Wildman–Crippen MR) is 81.7 cm³/mol. The van der Waals surface area contributed by atoms with Gasteiger partial charge in [-0.15, -0.1) is 11.3 Å². The van der Waals surface area contributed by atoms with Gasteiger partial charge in [-0.1, -0.05) is 5.16 Å². The molecule has 1 amide bonds. The third-order valence-corrected chi connectivity index (χ3v) is 4.28. The van der Waals surface area contributed by atoms with Crippen molar-refractivity contribution < 1.29 is 9.32 Å². The number of thiophene rings is 1. The van der Waals surface area contributed by atoms with Crippen LogP contribution in [0.15, 0.2) is 27.1 Å². The Morgan fingerprint density at radius 2 is 2.27 bits per heavy atom. The number of rotatable bonds is 4. The lowest BCUT2D eigenvalue weighted by atomic mass is 10.2. The molecule has 3 aromatic rings. The van der Waals surface area contributed by atoms with Crippen molar-refractivity contribution in [2.24, 2.45) is 0 Å². The van der Waals surface area contributed by atoms with Crippen LogP contribution in [0.3, 0.4) is 0 Å². The molecule has 114 valence electrons. The highest BCUT2D eigenvalue weighted by Crippen LogP contribution is 2.13. The van der Waals surface area contributed by atoms with Gasteiger partial charge in [0, 0.05) is 12.1 Å². The summed E-state index contributed by atoms with van der Waals surface area (Å²) in [5.74, 6) is 0.413. The molecule has 3 aromatic heterocycles. The molecule has 3 rings (SSSR count). The number of carbonyl (C=O) groups is 1. The molecule has 0 atom stereocenters. The van der Waals surface area contributed by atoms with Crippen molar-refractivity contribution in [1.29, 1.82) is 0 Å². The molecule has 0 aliphatic carbocycles. The lowest BCUT2D eigenvalue weighted by molar-refractivity contribution is -0.121. The van der Waals surface area contributed by atoms with Crippen molar-refractivity contribution in [3.8, 4) is 0 Å². The first kappa shape index (κ1) is 14.5. The summed E-state index contributed by atoms with van der Waals surface area (Å²) in [4.78, 5) is 28.4. The Morgan fingerprint density at radius 1 is 1.45 bits per heavy atom. The van der Waals surface area contributed by atoms with Gasteiger partial charge in [-0.2, -0.15) is 0 Å². The van der Waals surface area contributed by atoms with E-state index in [4.69, 9.17) is 4.52 Å². The number of nitrogens with zero attached hydrogens (tertiary/aromatic N) is 3. The molecule has 0 unspecified atom stereocenters. The maximum atomic E-state index is 12.2. The maximum Gasteiger partial charge on any atom is 0.271 e. The van der Waals surface area contributed by atoms with Gasteiger partial charge in [0.2, 0.25) is 5.91 Å². The van der Waals surface area contributed by atoms with Crippen LogP contribution in [-0.2, 0) is 17.9 Å². The third kappa shape index (κ3) is 2.64. The van der Waals surface area contributed by atoms with E-state index in [2.05, 4.69) is 15.5 Å². The summed E-state index contributed by atoms with van der Waals surface area (Å²) < 4.78 is 6.90. The second kappa shape index (κ2) is 5.72. The zero-order chi connectivity index (χ0) is 15.7. The first-order chi connectivity index (χ1) is 10.6. The fourth-order valence-electron chi connectivity index (χ4n) is 2.14. The lowest BCUT2D eigenvalue weighted by Gasteiger charge is -2.07. The molecule has 0 bridgehead atoms. The Kier molecular flexibility index (Phi) is 3.76. The van der Waals surface area contributed by atoms with Crippen molar-refractivity contribution in [1.82, 2.24) is 20.0 Å². The van der Waals surface area contributed by atoms with Gasteiger partial charge in [0.25, 0.3) is 5.56 Å². The van der Waals surface area contributed by atoms with Crippen LogP contribution in [-0.4, -0.2) is 20.6 Å². The maximum absolute atomic E-state index is 12.2. The largest absolute Gasteiger partial charge is 0.361 e. The first-order valence-corrected chi connectivity index (χ1v) is 7.55. The molecule has 0 saturated carbocycles. The Labute approximate surface area is 129 Å². The molecular weight excluding hydrogens is 304 g/mol. The van der Waals surface area contributed by atoms with Crippen LogP contribution in [0.2, 0.25) is 0 Å². The third-order valence-electron chi connectivity index (χ3n) is 3.39. The summed E-state index contributed by atoms with van der Waals surface area (Å²) in [5.41, 5.74) is 2.05. The molecule has 0 spiro atoms. The summed E-state index contributed by atoms with van der Waals surface area (Å²) in [6.07, 6.45) is 1.40. The summed E-state index contributed by atoms with van der Waals surface area (Å²) >= 11 is 1.32. The molecule has 0 aliphatic heterocycles. The molecule has 22 heavy (non-hydrogen) atoms. The van der Waals surface area contributed by atoms with Gasteiger partial charge in [0.15, 0.2) is 0 Å². The summed E-state index contributed by atoms with van der Waals surface area (Å²) in [7, 11) is 0. The van der Waals surface area contributed by atoms with Crippen LogP contribution < -0.4 is 10.9 Å². The van der Waals surface area contributed by atoms with E-state index < -0.39 is 0 Å². The molecule has 0 aliphatic rings. The molecule has 1 N–H and O–H groups in total. The molecule has 0 saturated heterocycles. The van der Waals surface area contributed by atoms with Crippen LogP contribution in [0.1, 0.15) is 17.0 Å². The van der Waals surface area contributed by atoms with E-state index in [0.29, 0.717) is 22.5 Å². The molecule has 0 fully saturated rings. The fourth-order valence-corrected chi connectivity index (χ4v) is 2.94. The minimum absolute atomic E-state index is 0.0664. The number of fused-ring (bicyclic) bond motifs is 1. The molecule has 3 heterocycles. The van der Waals surface area contributed by atoms with Gasteiger partial charge in [0.1, 0.15) is 17.0 Å². The predicted octanol–water partition coefficient (Wildman–Crippen LogP) is 1.38. The lowest BCUT2D eigenvalue weighted by Crippen LogP contribution is -2.32. The van der Waals surface area contributed by atoms with E-state index in [1.54, 1.807) is 18.4 Å². The normalized spacial score (nSPS) is 11.0. The minimum atomic E-state index is -0.264. The number of hydrogen-bond donors (Lipinski definition) is 1. The van der Waals surface area contributed by atoms with Crippen molar-refractivity contribution in [3.05, 3.63) is 45.1 Å². The SMILES string of the molecule is Cc1noc(C)c1CNC(=O)Cn1cnc2ccsc2c1=O. The number of nitrogens with one attached hydrogen (secondary N) is 1. The second-order valence-corrected chi connectivity index (χ2v) is 5.81. The first-order valence-electron chi connectivity index (χ1n) is 6.67. The zero-order valence-corrected chi connectivity index (χ0v) is 12.9. The van der Waals surface area contributed by atoms with Gasteiger partial charge in [-0.25, -0.2) is 4.98 Å². The van der Waals surface area contributed by atoms with Crippen molar-refractivity contribution in [2.45, 2.75) is 26.9 Å². The number of aromatic nitrogens is 3. The standard InChI is InChI=1S/C14H14N4O3S/c1-8-10(9(2)21-17-8)5-15-12(19)6-18-7-16-11-3-4-22-13(11)14(18)20/h3-4,7H,5-6H2,1-2H3,(H,15,19). The van der Waals surface area contributed by atoms with Gasteiger partial charge in [-0.3, -0.25) is 14.2 Å². The van der Waals surface area contributed by atoms with Crippen molar-refractivity contribution >= 4 is 27.5 Å². The van der Waals surface area contributed by atoms with E-state index >= 15 is 0 Å². The fraction of sp³-hybridized carbons (Fsp3) is 0.286. The Balaban J connectivity index is 1.71. The van der Waals surface area contributed by atoms with E-state index in [1.165, 1.54) is 22.2 Å². The smallest absolute Gasteiger partial charge is 0.271 e. The Hall–Kier alpha value is -2.48. The highest BCUT2D eigenvalue weighted by atomic mass is 32.1. The summed E-state index contributed by atoms with van der Waals surface area (Å²) in [6.45, 7) is 3.87. The molecule has 0 radical (unpaired) electrons. The van der Waals surface area contributed by atoms with E-state index in [0.717, 1.165) is 11.3 Å². The number of aryl methyl sites for hydroxylation is 2. The van der Waals surface area contributed by atoms with E-state index in [-0.39, 0.29) is 18.0 Å².